The van der Waals surface area contributed by atoms with E-state index in [1.165, 1.54) is 21.9 Å². The van der Waals surface area contributed by atoms with Crippen molar-refractivity contribution in [1.29, 1.82) is 5.41 Å². The van der Waals surface area contributed by atoms with Crippen molar-refractivity contribution in [3.63, 3.8) is 0 Å². The van der Waals surface area contributed by atoms with Gasteiger partial charge in [-0.15, -0.1) is 0 Å². The summed E-state index contributed by atoms with van der Waals surface area (Å²) < 4.78 is 0. The maximum absolute atomic E-state index is 8.72. The molecule has 4 rings (SSSR count). The van der Waals surface area contributed by atoms with Crippen molar-refractivity contribution in [3.8, 4) is 0 Å². The van der Waals surface area contributed by atoms with Gasteiger partial charge in [0.2, 0.25) is 0 Å². The normalized spacial score (nSPS) is 16.2. The summed E-state index contributed by atoms with van der Waals surface area (Å²) >= 11 is 0. The average molecular weight is 384 g/mol. The first-order valence-corrected chi connectivity index (χ1v) is 10.5. The Morgan fingerprint density at radius 2 is 1.62 bits per heavy atom. The Hall–Kier alpha value is -2.91. The predicted molar refractivity (Wildman–Crippen MR) is 122 cm³/mol. The summed E-state index contributed by atoms with van der Waals surface area (Å²) in [6, 6.07) is 25.5. The van der Waals surface area contributed by atoms with Gasteiger partial charge in [0.25, 0.3) is 0 Å². The molecule has 0 radical (unpaired) electrons. The molecule has 29 heavy (non-hydrogen) atoms. The molecule has 0 aliphatic carbocycles. The van der Waals surface area contributed by atoms with Gasteiger partial charge in [-0.3, -0.25) is 4.90 Å². The van der Waals surface area contributed by atoms with Crippen LogP contribution in [0.2, 0.25) is 0 Å². The van der Waals surface area contributed by atoms with E-state index in [4.69, 9.17) is 11.1 Å². The van der Waals surface area contributed by atoms with Crippen molar-refractivity contribution >= 4 is 16.5 Å². The number of fused-ring (bicyclic) bond motifs is 1. The Labute approximate surface area is 173 Å². The number of rotatable bonds is 6. The first-order chi connectivity index (χ1) is 14.2. The molecule has 1 aliphatic rings. The third-order valence-corrected chi connectivity index (χ3v) is 6.05. The number of likely N-dealkylation sites (tertiary alicyclic amines) is 1. The number of nitrogens with two attached hydrogens (primary N) is 1. The molecule has 3 N–H and O–H groups in total. The van der Waals surface area contributed by atoms with Crippen molar-refractivity contribution < 1.29 is 0 Å². The SMILES string of the molecule is N=C(C(=CN)Cc1ccccc1)C1CCN(Cc2cccc3ccccc23)CC1. The number of nitrogens with zero attached hydrogens (tertiary/aromatic N) is 1. The van der Waals surface area contributed by atoms with Crippen LogP contribution in [-0.2, 0) is 13.0 Å². The number of allylic oxidation sites excluding steroid dienone is 1. The van der Waals surface area contributed by atoms with E-state index in [2.05, 4.69) is 59.5 Å². The summed E-state index contributed by atoms with van der Waals surface area (Å²) in [5.41, 5.74) is 10.2. The lowest BCUT2D eigenvalue weighted by Crippen LogP contribution is -2.36. The Balaban J connectivity index is 1.37. The van der Waals surface area contributed by atoms with Crippen LogP contribution in [-0.4, -0.2) is 23.7 Å². The molecule has 3 aromatic carbocycles. The molecule has 0 aromatic heterocycles. The van der Waals surface area contributed by atoms with Crippen LogP contribution in [0.1, 0.15) is 24.0 Å². The van der Waals surface area contributed by atoms with Crippen LogP contribution in [0.15, 0.2) is 84.6 Å². The van der Waals surface area contributed by atoms with Crippen molar-refractivity contribution in [2.45, 2.75) is 25.8 Å². The highest BCUT2D eigenvalue weighted by Gasteiger charge is 2.24. The highest BCUT2D eigenvalue weighted by atomic mass is 15.1. The lowest BCUT2D eigenvalue weighted by atomic mass is 9.86. The van der Waals surface area contributed by atoms with Crippen molar-refractivity contribution in [2.24, 2.45) is 11.7 Å². The molecule has 0 spiro atoms. The maximum atomic E-state index is 8.72. The maximum Gasteiger partial charge on any atom is 0.0395 e. The summed E-state index contributed by atoms with van der Waals surface area (Å²) in [5, 5.41) is 11.4. The second kappa shape index (κ2) is 9.06. The lowest BCUT2D eigenvalue weighted by molar-refractivity contribution is 0.202. The van der Waals surface area contributed by atoms with Crippen molar-refractivity contribution in [3.05, 3.63) is 95.7 Å². The van der Waals surface area contributed by atoms with Crippen molar-refractivity contribution in [2.75, 3.05) is 13.1 Å². The molecule has 1 saturated heterocycles. The molecule has 0 amide bonds. The van der Waals surface area contributed by atoms with Crippen LogP contribution in [0.3, 0.4) is 0 Å². The van der Waals surface area contributed by atoms with Gasteiger partial charge in [0.1, 0.15) is 0 Å². The van der Waals surface area contributed by atoms with E-state index < -0.39 is 0 Å². The fourth-order valence-electron chi connectivity index (χ4n) is 4.37. The zero-order valence-corrected chi connectivity index (χ0v) is 16.9. The molecule has 148 valence electrons. The summed E-state index contributed by atoms with van der Waals surface area (Å²) in [7, 11) is 0. The van der Waals surface area contributed by atoms with E-state index in [1.54, 1.807) is 6.20 Å². The third-order valence-electron chi connectivity index (χ3n) is 6.05. The zero-order valence-electron chi connectivity index (χ0n) is 16.9. The minimum absolute atomic E-state index is 0.303. The minimum atomic E-state index is 0.303. The van der Waals surface area contributed by atoms with Gasteiger partial charge < -0.3 is 11.1 Å². The van der Waals surface area contributed by atoms with Gasteiger partial charge in [-0.2, -0.15) is 0 Å². The lowest BCUT2D eigenvalue weighted by Gasteiger charge is -2.33. The molecule has 3 heteroatoms. The van der Waals surface area contributed by atoms with E-state index in [-0.39, 0.29) is 0 Å². The standard InChI is InChI=1S/C26H29N3/c27-18-24(17-20-7-2-1-3-8-20)26(28)22-13-15-29(16-14-22)19-23-11-6-10-21-9-4-5-12-25(21)23/h1-12,18,22,28H,13-17,19,27H2. The minimum Gasteiger partial charge on any atom is -0.404 e. The Kier molecular flexibility index (Phi) is 6.06. The van der Waals surface area contributed by atoms with Gasteiger partial charge in [-0.25, -0.2) is 0 Å². The zero-order chi connectivity index (χ0) is 20.1. The summed E-state index contributed by atoms with van der Waals surface area (Å²) in [5.74, 6) is 0.303. The second-order valence-electron chi connectivity index (χ2n) is 7.96. The van der Waals surface area contributed by atoms with Gasteiger partial charge in [-0.1, -0.05) is 72.8 Å². The molecule has 0 unspecified atom stereocenters. The monoisotopic (exact) mass is 383 g/mol. The molecule has 1 heterocycles. The fraction of sp³-hybridized carbons (Fsp3) is 0.269. The van der Waals surface area contributed by atoms with Gasteiger partial charge in [0.05, 0.1) is 0 Å². The second-order valence-corrected chi connectivity index (χ2v) is 7.96. The van der Waals surface area contributed by atoms with Crippen LogP contribution < -0.4 is 5.73 Å². The molecule has 0 atom stereocenters. The summed E-state index contributed by atoms with van der Waals surface area (Å²) in [6.45, 7) is 3.03. The Bertz CT molecular complexity index is 993. The molecule has 0 bridgehead atoms. The van der Waals surface area contributed by atoms with E-state index in [9.17, 15) is 0 Å². The topological polar surface area (TPSA) is 53.1 Å². The van der Waals surface area contributed by atoms with Crippen LogP contribution in [0.4, 0.5) is 0 Å². The van der Waals surface area contributed by atoms with E-state index in [0.29, 0.717) is 5.92 Å². The van der Waals surface area contributed by atoms with Gasteiger partial charge in [0.15, 0.2) is 0 Å². The van der Waals surface area contributed by atoms with Crippen LogP contribution in [0.5, 0.6) is 0 Å². The molecular weight excluding hydrogens is 354 g/mol. The largest absolute Gasteiger partial charge is 0.404 e. The van der Waals surface area contributed by atoms with Crippen LogP contribution in [0, 0.1) is 11.3 Å². The Morgan fingerprint density at radius 1 is 0.931 bits per heavy atom. The molecule has 3 nitrogen and oxygen atoms in total. The number of hydrogen-bond acceptors (Lipinski definition) is 3. The first-order valence-electron chi connectivity index (χ1n) is 10.5. The molecule has 1 aliphatic heterocycles. The van der Waals surface area contributed by atoms with Gasteiger partial charge in [-0.05, 0) is 59.6 Å². The van der Waals surface area contributed by atoms with Crippen LogP contribution >= 0.6 is 0 Å². The highest BCUT2D eigenvalue weighted by molar-refractivity contribution is 5.99. The summed E-state index contributed by atoms with van der Waals surface area (Å²) in [4.78, 5) is 2.52. The highest BCUT2D eigenvalue weighted by Crippen LogP contribution is 2.26. The number of piperidine rings is 1. The molecule has 3 aromatic rings. The van der Waals surface area contributed by atoms with E-state index in [1.807, 2.05) is 18.2 Å². The Morgan fingerprint density at radius 3 is 2.38 bits per heavy atom. The smallest absolute Gasteiger partial charge is 0.0395 e. The summed E-state index contributed by atoms with van der Waals surface area (Å²) in [6.07, 6.45) is 4.43. The van der Waals surface area contributed by atoms with Gasteiger partial charge >= 0.3 is 0 Å². The average Bonchev–Trinajstić information content (AvgIpc) is 2.78. The number of benzene rings is 3. The number of nitrogens with one attached hydrogen (secondary N) is 1. The first kappa shape index (κ1) is 19.4. The molecule has 0 saturated carbocycles. The van der Waals surface area contributed by atoms with E-state index >= 15 is 0 Å². The number of hydrogen-bond donors (Lipinski definition) is 2. The van der Waals surface area contributed by atoms with Crippen molar-refractivity contribution in [1.82, 2.24) is 4.90 Å². The molecular formula is C26H29N3. The fourth-order valence-corrected chi connectivity index (χ4v) is 4.37. The van der Waals surface area contributed by atoms with Gasteiger partial charge in [0, 0.05) is 24.6 Å². The quantitative estimate of drug-likeness (QED) is 0.578. The third kappa shape index (κ3) is 4.57. The van der Waals surface area contributed by atoms with E-state index in [0.717, 1.165) is 50.2 Å². The molecule has 1 fully saturated rings. The van der Waals surface area contributed by atoms with Crippen LogP contribution in [0.25, 0.3) is 10.8 Å². The predicted octanol–water partition coefficient (Wildman–Crippen LogP) is 5.16.